The fourth-order valence-electron chi connectivity index (χ4n) is 1.65. The normalized spacial score (nSPS) is 12.3. The molecule has 0 saturated heterocycles. The monoisotopic (exact) mass is 215 g/mol. The first kappa shape index (κ1) is 10.0. The zero-order valence-electron chi connectivity index (χ0n) is 8.14. The number of benzene rings is 1. The lowest BCUT2D eigenvalue weighted by atomic mass is 10.0. The molecule has 0 aliphatic heterocycles. The van der Waals surface area contributed by atoms with Gasteiger partial charge in [-0.05, 0) is 25.5 Å². The van der Waals surface area contributed by atoms with Gasteiger partial charge in [0.1, 0.15) is 0 Å². The minimum Gasteiger partial charge on any atom is -0.356 e. The fourth-order valence-corrected chi connectivity index (χ4v) is 1.65. The van der Waals surface area contributed by atoms with E-state index in [0.717, 1.165) is 0 Å². The Morgan fingerprint density at radius 1 is 1.20 bits per heavy atom. The summed E-state index contributed by atoms with van der Waals surface area (Å²) in [6.07, 6.45) is -4.38. The van der Waals surface area contributed by atoms with Gasteiger partial charge in [0.2, 0.25) is 0 Å². The molecule has 0 amide bonds. The highest BCUT2D eigenvalue weighted by atomic mass is 19.4. The molecule has 0 saturated carbocycles. The molecule has 0 aliphatic carbocycles. The third-order valence-electron chi connectivity index (χ3n) is 2.30. The van der Waals surface area contributed by atoms with Crippen molar-refractivity contribution < 1.29 is 17.7 Å². The van der Waals surface area contributed by atoms with Crippen LogP contribution in [0.5, 0.6) is 0 Å². The van der Waals surface area contributed by atoms with Gasteiger partial charge in [-0.15, -0.1) is 0 Å². The number of rotatable bonds is 0. The Morgan fingerprint density at radius 3 is 2.47 bits per heavy atom. The number of halogens is 3. The van der Waals surface area contributed by atoms with Gasteiger partial charge in [0, 0.05) is 0 Å². The van der Waals surface area contributed by atoms with Crippen LogP contribution < -0.4 is 0 Å². The van der Waals surface area contributed by atoms with Gasteiger partial charge in [0.25, 0.3) is 0 Å². The predicted molar refractivity (Wildman–Crippen MR) is 48.5 cm³/mol. The van der Waals surface area contributed by atoms with E-state index in [1.54, 1.807) is 0 Å². The van der Waals surface area contributed by atoms with Crippen LogP contribution in [0, 0.1) is 13.8 Å². The summed E-state index contributed by atoms with van der Waals surface area (Å²) < 4.78 is 43.1. The standard InChI is InChI=1S/C10H8F3NO/c1-5-3-4-7-8(6(2)14-15-7)9(5)10(11,12)13/h3-4H,1-2H3. The van der Waals surface area contributed by atoms with Crippen LogP contribution in [-0.4, -0.2) is 5.16 Å². The minimum absolute atomic E-state index is 0.0579. The lowest BCUT2D eigenvalue weighted by molar-refractivity contribution is -0.136. The molecule has 0 radical (unpaired) electrons. The van der Waals surface area contributed by atoms with E-state index < -0.39 is 11.7 Å². The molecule has 1 aromatic carbocycles. The number of alkyl halides is 3. The Balaban J connectivity index is 2.90. The number of hydrogen-bond donors (Lipinski definition) is 0. The number of aryl methyl sites for hydroxylation is 2. The van der Waals surface area contributed by atoms with Gasteiger partial charge in [-0.1, -0.05) is 11.2 Å². The largest absolute Gasteiger partial charge is 0.417 e. The average Bonchev–Trinajstić information content (AvgIpc) is 2.46. The third-order valence-corrected chi connectivity index (χ3v) is 2.30. The van der Waals surface area contributed by atoms with Gasteiger partial charge in [0.05, 0.1) is 16.6 Å². The highest BCUT2D eigenvalue weighted by Gasteiger charge is 2.36. The molecule has 0 spiro atoms. The molecule has 0 fully saturated rings. The summed E-state index contributed by atoms with van der Waals surface area (Å²) in [4.78, 5) is 0. The average molecular weight is 215 g/mol. The summed E-state index contributed by atoms with van der Waals surface area (Å²) in [6.45, 7) is 2.93. The van der Waals surface area contributed by atoms with Crippen molar-refractivity contribution >= 4 is 11.0 Å². The van der Waals surface area contributed by atoms with E-state index in [4.69, 9.17) is 4.52 Å². The molecule has 0 aliphatic rings. The van der Waals surface area contributed by atoms with E-state index in [-0.39, 0.29) is 22.2 Å². The van der Waals surface area contributed by atoms with Crippen molar-refractivity contribution in [2.24, 2.45) is 0 Å². The SMILES string of the molecule is Cc1ccc2onc(C)c2c1C(F)(F)F. The summed E-state index contributed by atoms with van der Waals surface area (Å²) in [6, 6.07) is 2.88. The smallest absolute Gasteiger partial charge is 0.356 e. The number of hydrogen-bond acceptors (Lipinski definition) is 2. The van der Waals surface area contributed by atoms with Crippen molar-refractivity contribution in [2.45, 2.75) is 20.0 Å². The molecule has 1 aromatic heterocycles. The number of nitrogens with zero attached hydrogens (tertiary/aromatic N) is 1. The molecule has 2 nitrogen and oxygen atoms in total. The number of fused-ring (bicyclic) bond motifs is 1. The van der Waals surface area contributed by atoms with Crippen molar-refractivity contribution in [1.82, 2.24) is 5.16 Å². The summed E-state index contributed by atoms with van der Waals surface area (Å²) in [5.74, 6) is 0. The molecule has 15 heavy (non-hydrogen) atoms. The van der Waals surface area contributed by atoms with Gasteiger partial charge in [-0.25, -0.2) is 0 Å². The van der Waals surface area contributed by atoms with Gasteiger partial charge in [0.15, 0.2) is 5.58 Å². The highest BCUT2D eigenvalue weighted by Crippen LogP contribution is 2.38. The Morgan fingerprint density at radius 2 is 1.87 bits per heavy atom. The second-order valence-electron chi connectivity index (χ2n) is 3.40. The molecule has 80 valence electrons. The molecule has 1 heterocycles. The molecule has 0 atom stereocenters. The van der Waals surface area contributed by atoms with Crippen LogP contribution >= 0.6 is 0 Å². The second-order valence-corrected chi connectivity index (χ2v) is 3.40. The van der Waals surface area contributed by atoms with Crippen LogP contribution in [0.2, 0.25) is 0 Å². The summed E-state index contributed by atoms with van der Waals surface area (Å²) in [5, 5.41) is 3.59. The number of aromatic nitrogens is 1. The van der Waals surface area contributed by atoms with E-state index in [1.807, 2.05) is 0 Å². The molecule has 0 unspecified atom stereocenters. The van der Waals surface area contributed by atoms with Gasteiger partial charge < -0.3 is 4.52 Å². The van der Waals surface area contributed by atoms with E-state index in [9.17, 15) is 13.2 Å². The van der Waals surface area contributed by atoms with Crippen molar-refractivity contribution in [3.63, 3.8) is 0 Å². The predicted octanol–water partition coefficient (Wildman–Crippen LogP) is 3.46. The van der Waals surface area contributed by atoms with Crippen LogP contribution in [0.25, 0.3) is 11.0 Å². The van der Waals surface area contributed by atoms with Crippen LogP contribution in [0.3, 0.4) is 0 Å². The first-order chi connectivity index (χ1) is 6.91. The molecule has 0 bridgehead atoms. The topological polar surface area (TPSA) is 26.0 Å². The fraction of sp³-hybridized carbons (Fsp3) is 0.300. The molecule has 0 N–H and O–H groups in total. The lowest BCUT2D eigenvalue weighted by Crippen LogP contribution is -2.08. The Hall–Kier alpha value is -1.52. The van der Waals surface area contributed by atoms with E-state index in [2.05, 4.69) is 5.16 Å². The van der Waals surface area contributed by atoms with E-state index >= 15 is 0 Å². The maximum Gasteiger partial charge on any atom is 0.417 e. The first-order valence-electron chi connectivity index (χ1n) is 4.34. The van der Waals surface area contributed by atoms with Crippen LogP contribution in [0.4, 0.5) is 13.2 Å². The summed E-state index contributed by atoms with van der Waals surface area (Å²) in [5.41, 5.74) is -0.0356. The van der Waals surface area contributed by atoms with Crippen molar-refractivity contribution in [3.8, 4) is 0 Å². The summed E-state index contributed by atoms with van der Waals surface area (Å²) in [7, 11) is 0. The molecule has 2 rings (SSSR count). The van der Waals surface area contributed by atoms with Crippen molar-refractivity contribution in [2.75, 3.05) is 0 Å². The van der Waals surface area contributed by atoms with Crippen molar-refractivity contribution in [3.05, 3.63) is 29.0 Å². The van der Waals surface area contributed by atoms with Crippen molar-refractivity contribution in [1.29, 1.82) is 0 Å². The van der Waals surface area contributed by atoms with E-state index in [0.29, 0.717) is 0 Å². The Bertz CT molecular complexity index is 513. The third kappa shape index (κ3) is 1.48. The van der Waals surface area contributed by atoms with Gasteiger partial charge in [-0.2, -0.15) is 13.2 Å². The highest BCUT2D eigenvalue weighted by molar-refractivity contribution is 5.84. The lowest BCUT2D eigenvalue weighted by Gasteiger charge is -2.10. The minimum atomic E-state index is -4.38. The molecule has 2 aromatic rings. The van der Waals surface area contributed by atoms with Gasteiger partial charge >= 0.3 is 6.18 Å². The van der Waals surface area contributed by atoms with Crippen LogP contribution in [0.15, 0.2) is 16.7 Å². The maximum absolute atomic E-state index is 12.8. The molecular weight excluding hydrogens is 207 g/mol. The molecular formula is C10H8F3NO. The van der Waals surface area contributed by atoms with Gasteiger partial charge in [-0.3, -0.25) is 0 Å². The maximum atomic E-state index is 12.8. The zero-order valence-corrected chi connectivity index (χ0v) is 8.14. The summed E-state index contributed by atoms with van der Waals surface area (Å²) >= 11 is 0. The van der Waals surface area contributed by atoms with Crippen LogP contribution in [-0.2, 0) is 6.18 Å². The zero-order chi connectivity index (χ0) is 11.2. The Kier molecular flexibility index (Phi) is 1.99. The Labute approximate surface area is 83.7 Å². The quantitative estimate of drug-likeness (QED) is 0.672. The van der Waals surface area contributed by atoms with Crippen LogP contribution in [0.1, 0.15) is 16.8 Å². The second kappa shape index (κ2) is 2.98. The first-order valence-corrected chi connectivity index (χ1v) is 4.34. The van der Waals surface area contributed by atoms with E-state index in [1.165, 1.54) is 26.0 Å². The molecule has 5 heteroatoms.